The average Bonchev–Trinajstić information content (AvgIpc) is 3.56. The van der Waals surface area contributed by atoms with E-state index in [0.717, 1.165) is 31.8 Å². The summed E-state index contributed by atoms with van der Waals surface area (Å²) in [6, 6.07) is 14.2. The highest BCUT2D eigenvalue weighted by Crippen LogP contribution is 2.42. The molecule has 7 nitrogen and oxygen atoms in total. The van der Waals surface area contributed by atoms with Crippen LogP contribution in [0.4, 0.5) is 4.39 Å². The molecule has 1 fully saturated rings. The van der Waals surface area contributed by atoms with Crippen molar-refractivity contribution >= 4 is 49.1 Å². The Kier molecular flexibility index (Phi) is 6.59. The Hall–Kier alpha value is -3.05. The summed E-state index contributed by atoms with van der Waals surface area (Å²) in [5.74, 6) is 0.722. The van der Waals surface area contributed by atoms with Crippen LogP contribution in [0.5, 0.6) is 5.75 Å². The van der Waals surface area contributed by atoms with Crippen molar-refractivity contribution in [3.05, 3.63) is 75.8 Å². The average molecular weight is 572 g/mol. The van der Waals surface area contributed by atoms with Gasteiger partial charge in [0.25, 0.3) is 10.0 Å². The topological polar surface area (TPSA) is 89.9 Å². The van der Waals surface area contributed by atoms with Crippen LogP contribution in [0.15, 0.2) is 64.0 Å². The predicted molar refractivity (Wildman–Crippen MR) is 147 cm³/mol. The van der Waals surface area contributed by atoms with Gasteiger partial charge < -0.3 is 14.8 Å². The van der Waals surface area contributed by atoms with E-state index in [9.17, 15) is 12.8 Å². The molecule has 4 aromatic rings. The number of ether oxygens (including phenoxy) is 2. The molecule has 0 amide bonds. The molecular formula is C27H23ClFN3O4S2. The second kappa shape index (κ2) is 9.92. The van der Waals surface area contributed by atoms with Crippen molar-refractivity contribution in [1.82, 2.24) is 10.3 Å². The molecule has 196 valence electrons. The highest BCUT2D eigenvalue weighted by molar-refractivity contribution is 7.90. The van der Waals surface area contributed by atoms with Gasteiger partial charge in [-0.2, -0.15) is 8.42 Å². The maximum Gasteiger partial charge on any atom is 0.286 e. The number of hydrogen-bond acceptors (Lipinski definition) is 7. The van der Waals surface area contributed by atoms with E-state index in [1.54, 1.807) is 35.7 Å². The third-order valence-corrected chi connectivity index (χ3v) is 9.29. The number of pyridine rings is 1. The van der Waals surface area contributed by atoms with Gasteiger partial charge in [-0.15, -0.1) is 15.7 Å². The van der Waals surface area contributed by atoms with Gasteiger partial charge in [0, 0.05) is 46.7 Å². The lowest BCUT2D eigenvalue weighted by molar-refractivity contribution is 0.140. The zero-order valence-corrected chi connectivity index (χ0v) is 22.7. The summed E-state index contributed by atoms with van der Waals surface area (Å²) < 4.78 is 55.6. The Bertz CT molecular complexity index is 1690. The van der Waals surface area contributed by atoms with Crippen LogP contribution >= 0.6 is 22.9 Å². The van der Waals surface area contributed by atoms with Crippen LogP contribution in [-0.2, 0) is 21.2 Å². The molecule has 4 heterocycles. The van der Waals surface area contributed by atoms with E-state index in [1.165, 1.54) is 6.07 Å². The van der Waals surface area contributed by atoms with Gasteiger partial charge in [-0.1, -0.05) is 23.7 Å². The van der Waals surface area contributed by atoms with E-state index >= 15 is 0 Å². The lowest BCUT2D eigenvalue weighted by Gasteiger charge is -2.20. The minimum Gasteiger partial charge on any atom is -0.485 e. The molecule has 6 rings (SSSR count). The number of halogens is 2. The van der Waals surface area contributed by atoms with Crippen LogP contribution in [0.1, 0.15) is 16.0 Å². The minimum absolute atomic E-state index is 0.115. The molecule has 2 atom stereocenters. The molecule has 1 N–H and O–H groups in total. The summed E-state index contributed by atoms with van der Waals surface area (Å²) >= 11 is 8.00. The Balaban J connectivity index is 1.27. The zero-order chi connectivity index (χ0) is 26.4. The summed E-state index contributed by atoms with van der Waals surface area (Å²) in [5, 5.41) is 3.59. The van der Waals surface area contributed by atoms with Crippen molar-refractivity contribution in [2.75, 3.05) is 19.7 Å². The smallest absolute Gasteiger partial charge is 0.286 e. The number of thiophene rings is 1. The van der Waals surface area contributed by atoms with Crippen molar-refractivity contribution in [2.24, 2.45) is 4.40 Å². The first-order valence-corrected chi connectivity index (χ1v) is 14.7. The van der Waals surface area contributed by atoms with Gasteiger partial charge in [0.05, 0.1) is 22.4 Å². The van der Waals surface area contributed by atoms with Crippen molar-refractivity contribution in [2.45, 2.75) is 30.5 Å². The highest BCUT2D eigenvalue weighted by Gasteiger charge is 2.31. The summed E-state index contributed by atoms with van der Waals surface area (Å²) in [5.41, 5.74) is 3.80. The van der Waals surface area contributed by atoms with Gasteiger partial charge in [0.15, 0.2) is 6.17 Å². The largest absolute Gasteiger partial charge is 0.485 e. The van der Waals surface area contributed by atoms with Gasteiger partial charge in [-0.25, -0.2) is 4.39 Å². The van der Waals surface area contributed by atoms with Gasteiger partial charge in [0.1, 0.15) is 16.7 Å². The Morgan fingerprint density at radius 3 is 2.79 bits per heavy atom. The molecule has 0 aliphatic carbocycles. The molecule has 2 aromatic carbocycles. The number of aryl methyl sites for hydroxylation is 1. The fourth-order valence-corrected chi connectivity index (χ4v) is 7.27. The monoisotopic (exact) mass is 571 g/mol. The van der Waals surface area contributed by atoms with E-state index < -0.39 is 22.3 Å². The second-order valence-corrected chi connectivity index (χ2v) is 12.3. The van der Waals surface area contributed by atoms with Crippen LogP contribution < -0.4 is 10.1 Å². The maximum atomic E-state index is 14.4. The fraction of sp³-hybridized carbons (Fsp3) is 0.259. The number of nitrogens with one attached hydrogen (secondary N) is 1. The van der Waals surface area contributed by atoms with Crippen LogP contribution in [0.25, 0.3) is 21.3 Å². The first-order chi connectivity index (χ1) is 18.3. The third-order valence-electron chi connectivity index (χ3n) is 6.54. The fourth-order valence-electron chi connectivity index (χ4n) is 4.73. The van der Waals surface area contributed by atoms with Crippen molar-refractivity contribution in [1.29, 1.82) is 0 Å². The molecule has 38 heavy (non-hydrogen) atoms. The molecule has 0 radical (unpaired) electrons. The number of nitrogens with zero attached hydrogens (tertiary/aromatic N) is 2. The van der Waals surface area contributed by atoms with Crippen molar-refractivity contribution in [3.8, 4) is 16.9 Å². The number of rotatable bonds is 6. The molecule has 2 aliphatic heterocycles. The number of aromatic nitrogens is 1. The molecule has 2 aromatic heterocycles. The molecule has 11 heteroatoms. The Labute approximate surface area is 228 Å². The molecule has 1 saturated heterocycles. The Morgan fingerprint density at radius 1 is 1.13 bits per heavy atom. The molecular weight excluding hydrogens is 549 g/mol. The number of alkyl halides is 1. The van der Waals surface area contributed by atoms with Crippen LogP contribution in [-0.4, -0.2) is 51.3 Å². The third kappa shape index (κ3) is 4.66. The zero-order valence-electron chi connectivity index (χ0n) is 20.3. The number of hydrogen-bond donors (Lipinski definition) is 1. The van der Waals surface area contributed by atoms with E-state index in [2.05, 4.69) is 14.7 Å². The SMILES string of the molecule is Cc1cc(Cl)cc(-c2ccnc3cc(CCOC4=NS(=O)(=O)c5ccccc54)sc23)c1O[C@@H]1CNC[C@@H]1F. The van der Waals surface area contributed by atoms with E-state index in [-0.39, 0.29) is 23.9 Å². The van der Waals surface area contributed by atoms with Gasteiger partial charge in [-0.3, -0.25) is 4.98 Å². The summed E-state index contributed by atoms with van der Waals surface area (Å²) in [4.78, 5) is 5.71. The van der Waals surface area contributed by atoms with Crippen molar-refractivity contribution < 1.29 is 22.3 Å². The minimum atomic E-state index is -3.72. The second-order valence-electron chi connectivity index (χ2n) is 9.18. The predicted octanol–water partition coefficient (Wildman–Crippen LogP) is 5.32. The Morgan fingerprint density at radius 2 is 1.97 bits per heavy atom. The molecule has 0 saturated carbocycles. The number of benzene rings is 2. The van der Waals surface area contributed by atoms with Gasteiger partial charge >= 0.3 is 0 Å². The summed E-state index contributed by atoms with van der Waals surface area (Å²) in [6.45, 7) is 2.86. The maximum absolute atomic E-state index is 14.4. The standard InChI is InChI=1S/C27H23ClFN3O4S2/c1-15-10-16(28)11-20(25(15)36-23-14-30-13-21(23)29)18-6-8-31-22-12-17(37-26(18)22)7-9-35-27-19-4-2-3-5-24(19)38(33,34)32-27/h2-6,8,10-12,21,23,30H,7,9,13-14H2,1H3/t21-,23+/m0/s1. The summed E-state index contributed by atoms with van der Waals surface area (Å²) in [6.07, 6.45) is 0.607. The molecule has 0 unspecified atom stereocenters. The lowest BCUT2D eigenvalue weighted by Crippen LogP contribution is -2.27. The quantitative estimate of drug-likeness (QED) is 0.337. The van der Waals surface area contributed by atoms with Crippen LogP contribution in [0.2, 0.25) is 5.02 Å². The summed E-state index contributed by atoms with van der Waals surface area (Å²) in [7, 11) is -3.72. The highest BCUT2D eigenvalue weighted by atomic mass is 35.5. The van der Waals surface area contributed by atoms with Gasteiger partial charge in [0.2, 0.25) is 5.90 Å². The normalized spacial score (nSPS) is 19.9. The first-order valence-electron chi connectivity index (χ1n) is 12.1. The lowest BCUT2D eigenvalue weighted by atomic mass is 10.0. The molecule has 0 bridgehead atoms. The van der Waals surface area contributed by atoms with Gasteiger partial charge in [-0.05, 0) is 48.9 Å². The van der Waals surface area contributed by atoms with E-state index in [1.807, 2.05) is 31.2 Å². The van der Waals surface area contributed by atoms with E-state index in [0.29, 0.717) is 29.3 Å². The van der Waals surface area contributed by atoms with Crippen LogP contribution in [0.3, 0.4) is 0 Å². The number of sulfonamides is 1. The first kappa shape index (κ1) is 25.2. The van der Waals surface area contributed by atoms with E-state index in [4.69, 9.17) is 21.1 Å². The van der Waals surface area contributed by atoms with Crippen molar-refractivity contribution in [3.63, 3.8) is 0 Å². The van der Waals surface area contributed by atoms with Crippen LogP contribution in [0, 0.1) is 6.92 Å². The molecule has 0 spiro atoms. The number of fused-ring (bicyclic) bond motifs is 2. The molecule has 2 aliphatic rings.